The van der Waals surface area contributed by atoms with E-state index < -0.39 is 0 Å². The van der Waals surface area contributed by atoms with Gasteiger partial charge in [-0.3, -0.25) is 0 Å². The van der Waals surface area contributed by atoms with Crippen LogP contribution in [0.1, 0.15) is 13.3 Å². The normalized spacial score (nSPS) is 33.0. The van der Waals surface area contributed by atoms with Crippen LogP contribution in [-0.2, 0) is 9.47 Å². The average molecular weight is 146 g/mol. The van der Waals surface area contributed by atoms with Gasteiger partial charge in [-0.2, -0.15) is 0 Å². The third-order valence-corrected chi connectivity index (χ3v) is 1.69. The molecule has 1 rings (SSSR count). The summed E-state index contributed by atoms with van der Waals surface area (Å²) >= 11 is 0. The highest BCUT2D eigenvalue weighted by atomic mass is 16.7. The topological polar surface area (TPSA) is 38.7 Å². The Labute approximate surface area is 60.9 Å². The molecule has 0 aromatic heterocycles. The molecule has 0 spiro atoms. The quantitative estimate of drug-likeness (QED) is 0.625. The predicted molar refractivity (Wildman–Crippen MR) is 36.6 cm³/mol. The monoisotopic (exact) mass is 146 g/mol. The Balaban J connectivity index is 2.14. The maximum Gasteiger partial charge on any atom is 0.160 e. The van der Waals surface area contributed by atoms with Crippen molar-refractivity contribution in [1.29, 1.82) is 0 Å². The van der Waals surface area contributed by atoms with Gasteiger partial charge in [0.25, 0.3) is 0 Å². The fourth-order valence-corrected chi connectivity index (χ4v) is 1.05. The predicted octanol–water partition coefficient (Wildman–Crippen LogP) is 0.378. The third kappa shape index (κ3) is 1.94. The van der Waals surface area contributed by atoms with E-state index in [4.69, 9.17) is 14.6 Å². The van der Waals surface area contributed by atoms with Crippen LogP contribution in [0.2, 0.25) is 0 Å². The molecular formula is C7H14O3. The molecule has 60 valence electrons. The zero-order valence-electron chi connectivity index (χ0n) is 6.25. The average Bonchev–Trinajstić information content (AvgIpc) is 2.31. The summed E-state index contributed by atoms with van der Waals surface area (Å²) in [6.07, 6.45) is 0.989. The number of aliphatic hydroxyl groups is 1. The molecule has 1 aliphatic heterocycles. The van der Waals surface area contributed by atoms with E-state index in [0.29, 0.717) is 12.5 Å². The van der Waals surface area contributed by atoms with Gasteiger partial charge >= 0.3 is 0 Å². The Morgan fingerprint density at radius 1 is 1.70 bits per heavy atom. The van der Waals surface area contributed by atoms with Crippen molar-refractivity contribution >= 4 is 0 Å². The highest BCUT2D eigenvalue weighted by Crippen LogP contribution is 2.20. The summed E-state index contributed by atoms with van der Waals surface area (Å²) in [5, 5.41) is 8.43. The SMILES string of the molecule is C[C@@H]1CCO[C@H]1OCCO. The van der Waals surface area contributed by atoms with E-state index in [2.05, 4.69) is 6.92 Å². The van der Waals surface area contributed by atoms with Crippen molar-refractivity contribution in [3.05, 3.63) is 0 Å². The molecule has 1 N–H and O–H groups in total. The third-order valence-electron chi connectivity index (χ3n) is 1.69. The zero-order valence-corrected chi connectivity index (χ0v) is 6.25. The van der Waals surface area contributed by atoms with Crippen LogP contribution < -0.4 is 0 Å². The lowest BCUT2D eigenvalue weighted by molar-refractivity contribution is -0.134. The Kier molecular flexibility index (Phi) is 3.12. The summed E-state index contributed by atoms with van der Waals surface area (Å²) in [6, 6.07) is 0. The van der Waals surface area contributed by atoms with Crippen molar-refractivity contribution in [1.82, 2.24) is 0 Å². The molecule has 1 heterocycles. The van der Waals surface area contributed by atoms with Gasteiger partial charge in [0.15, 0.2) is 6.29 Å². The van der Waals surface area contributed by atoms with E-state index in [1.807, 2.05) is 0 Å². The van der Waals surface area contributed by atoms with Crippen LogP contribution >= 0.6 is 0 Å². The maximum absolute atomic E-state index is 8.43. The second-order valence-electron chi connectivity index (χ2n) is 2.60. The first-order valence-corrected chi connectivity index (χ1v) is 3.68. The first-order valence-electron chi connectivity index (χ1n) is 3.68. The molecule has 0 saturated carbocycles. The fraction of sp³-hybridized carbons (Fsp3) is 1.00. The lowest BCUT2D eigenvalue weighted by Gasteiger charge is -2.13. The van der Waals surface area contributed by atoms with Crippen molar-refractivity contribution in [3.8, 4) is 0 Å². The van der Waals surface area contributed by atoms with Gasteiger partial charge in [-0.1, -0.05) is 6.92 Å². The molecule has 0 aromatic carbocycles. The van der Waals surface area contributed by atoms with Crippen molar-refractivity contribution in [2.24, 2.45) is 5.92 Å². The second kappa shape index (κ2) is 3.91. The van der Waals surface area contributed by atoms with Gasteiger partial charge in [-0.25, -0.2) is 0 Å². The standard InChI is InChI=1S/C7H14O3/c1-6-2-4-9-7(6)10-5-3-8/h6-8H,2-5H2,1H3/t6-,7+/m1/s1. The highest BCUT2D eigenvalue weighted by molar-refractivity contribution is 4.63. The van der Waals surface area contributed by atoms with Gasteiger partial charge in [0, 0.05) is 5.92 Å². The number of aliphatic hydroxyl groups excluding tert-OH is 1. The van der Waals surface area contributed by atoms with Crippen molar-refractivity contribution < 1.29 is 14.6 Å². The minimum Gasteiger partial charge on any atom is -0.394 e. The maximum atomic E-state index is 8.43. The lowest BCUT2D eigenvalue weighted by atomic mass is 10.1. The molecule has 3 nitrogen and oxygen atoms in total. The van der Waals surface area contributed by atoms with Gasteiger partial charge in [-0.05, 0) is 6.42 Å². The van der Waals surface area contributed by atoms with E-state index >= 15 is 0 Å². The summed E-state index contributed by atoms with van der Waals surface area (Å²) in [7, 11) is 0. The van der Waals surface area contributed by atoms with Crippen molar-refractivity contribution in [3.63, 3.8) is 0 Å². The van der Waals surface area contributed by atoms with Gasteiger partial charge in [0.1, 0.15) is 0 Å². The summed E-state index contributed by atoms with van der Waals surface area (Å²) < 4.78 is 10.4. The molecule has 0 aromatic rings. The van der Waals surface area contributed by atoms with Crippen molar-refractivity contribution in [2.45, 2.75) is 19.6 Å². The number of rotatable bonds is 3. The van der Waals surface area contributed by atoms with Crippen LogP contribution in [0.4, 0.5) is 0 Å². The van der Waals surface area contributed by atoms with E-state index in [9.17, 15) is 0 Å². The van der Waals surface area contributed by atoms with Gasteiger partial charge < -0.3 is 14.6 Å². The molecule has 1 fully saturated rings. The van der Waals surface area contributed by atoms with Crippen LogP contribution in [-0.4, -0.2) is 31.2 Å². The summed E-state index contributed by atoms with van der Waals surface area (Å²) in [4.78, 5) is 0. The number of hydrogen-bond acceptors (Lipinski definition) is 3. The molecule has 0 amide bonds. The Hall–Kier alpha value is -0.120. The van der Waals surface area contributed by atoms with Crippen LogP contribution in [0, 0.1) is 5.92 Å². The van der Waals surface area contributed by atoms with Gasteiger partial charge in [0.05, 0.1) is 19.8 Å². The number of hydrogen-bond donors (Lipinski definition) is 1. The van der Waals surface area contributed by atoms with Gasteiger partial charge in [-0.15, -0.1) is 0 Å². The first kappa shape index (κ1) is 7.98. The van der Waals surface area contributed by atoms with Crippen LogP contribution in [0.3, 0.4) is 0 Å². The molecule has 2 atom stereocenters. The molecule has 1 aliphatic rings. The van der Waals surface area contributed by atoms with E-state index in [-0.39, 0.29) is 12.9 Å². The highest BCUT2D eigenvalue weighted by Gasteiger charge is 2.24. The second-order valence-corrected chi connectivity index (χ2v) is 2.60. The molecule has 0 aliphatic carbocycles. The zero-order chi connectivity index (χ0) is 7.40. The first-order chi connectivity index (χ1) is 4.84. The lowest BCUT2D eigenvalue weighted by Crippen LogP contribution is -2.19. The van der Waals surface area contributed by atoms with Crippen LogP contribution in [0.15, 0.2) is 0 Å². The molecule has 0 bridgehead atoms. The van der Waals surface area contributed by atoms with Crippen molar-refractivity contribution in [2.75, 3.05) is 19.8 Å². The molecule has 10 heavy (non-hydrogen) atoms. The van der Waals surface area contributed by atoms with Crippen LogP contribution in [0.5, 0.6) is 0 Å². The Morgan fingerprint density at radius 2 is 2.50 bits per heavy atom. The molecule has 1 saturated heterocycles. The summed E-state index contributed by atoms with van der Waals surface area (Å²) in [6.45, 7) is 3.34. The molecule has 0 radical (unpaired) electrons. The molecular weight excluding hydrogens is 132 g/mol. The minimum atomic E-state index is -0.0767. The largest absolute Gasteiger partial charge is 0.394 e. The van der Waals surface area contributed by atoms with E-state index in [0.717, 1.165) is 13.0 Å². The summed E-state index contributed by atoms with van der Waals surface area (Å²) in [5.74, 6) is 0.478. The molecule has 0 unspecified atom stereocenters. The summed E-state index contributed by atoms with van der Waals surface area (Å²) in [5.41, 5.74) is 0. The van der Waals surface area contributed by atoms with Gasteiger partial charge in [0.2, 0.25) is 0 Å². The molecule has 3 heteroatoms. The Morgan fingerprint density at radius 3 is 3.00 bits per heavy atom. The fourth-order valence-electron chi connectivity index (χ4n) is 1.05. The minimum absolute atomic E-state index is 0.0760. The van der Waals surface area contributed by atoms with E-state index in [1.54, 1.807) is 0 Å². The Bertz CT molecular complexity index is 94.9. The van der Waals surface area contributed by atoms with E-state index in [1.165, 1.54) is 0 Å². The van der Waals surface area contributed by atoms with Crippen LogP contribution in [0.25, 0.3) is 0 Å². The smallest absolute Gasteiger partial charge is 0.160 e. The number of ether oxygens (including phenoxy) is 2.